The molecular weight excluding hydrogens is 278 g/mol. The van der Waals surface area contributed by atoms with Gasteiger partial charge in [0.1, 0.15) is 5.01 Å². The largest absolute Gasteiger partial charge is 0.302 e. The zero-order valence-electron chi connectivity index (χ0n) is 14.1. The summed E-state index contributed by atoms with van der Waals surface area (Å²) in [5, 5.41) is 7.50. The summed E-state index contributed by atoms with van der Waals surface area (Å²) < 4.78 is 0. The number of thiazole rings is 1. The average molecular weight is 308 g/mol. The van der Waals surface area contributed by atoms with E-state index in [9.17, 15) is 0 Å². The van der Waals surface area contributed by atoms with Crippen LogP contribution in [0.15, 0.2) is 5.38 Å². The molecule has 2 saturated heterocycles. The minimum Gasteiger partial charge on any atom is -0.302 e. The van der Waals surface area contributed by atoms with Crippen LogP contribution in [0.4, 0.5) is 0 Å². The Morgan fingerprint density at radius 1 is 1.38 bits per heavy atom. The van der Waals surface area contributed by atoms with Gasteiger partial charge in [0.15, 0.2) is 0 Å². The molecule has 2 aliphatic rings. The van der Waals surface area contributed by atoms with Crippen LogP contribution in [0.3, 0.4) is 0 Å². The van der Waals surface area contributed by atoms with E-state index in [1.807, 2.05) is 11.3 Å². The minimum absolute atomic E-state index is 0.0822. The van der Waals surface area contributed by atoms with Crippen LogP contribution in [0.1, 0.15) is 64.6 Å². The molecule has 0 saturated carbocycles. The molecule has 2 atom stereocenters. The van der Waals surface area contributed by atoms with Crippen LogP contribution < -0.4 is 5.32 Å². The highest BCUT2D eigenvalue weighted by Crippen LogP contribution is 2.45. The van der Waals surface area contributed by atoms with E-state index < -0.39 is 0 Å². The molecule has 0 aromatic carbocycles. The Labute approximate surface area is 133 Å². The molecule has 0 amide bonds. The number of nitrogens with one attached hydrogen (secondary N) is 1. The van der Waals surface area contributed by atoms with E-state index in [0.29, 0.717) is 12.1 Å². The Morgan fingerprint density at radius 2 is 2.14 bits per heavy atom. The average Bonchev–Trinajstić information content (AvgIpc) is 3.03. The molecule has 3 heterocycles. The summed E-state index contributed by atoms with van der Waals surface area (Å²) in [5.74, 6) is 0. The summed E-state index contributed by atoms with van der Waals surface area (Å²) in [6, 6.07) is 1.13. The van der Waals surface area contributed by atoms with Gasteiger partial charge < -0.3 is 5.32 Å². The van der Waals surface area contributed by atoms with Gasteiger partial charge in [-0.15, -0.1) is 11.3 Å². The maximum Gasteiger partial charge on any atom is 0.115 e. The van der Waals surface area contributed by atoms with Crippen molar-refractivity contribution in [2.24, 2.45) is 0 Å². The van der Waals surface area contributed by atoms with E-state index in [2.05, 4.69) is 50.2 Å². The topological polar surface area (TPSA) is 28.2 Å². The number of nitrogens with zero attached hydrogens (tertiary/aromatic N) is 2. The molecule has 1 aromatic heterocycles. The first-order valence-corrected chi connectivity index (χ1v) is 9.19. The highest BCUT2D eigenvalue weighted by atomic mass is 32.1. The Kier molecular flexibility index (Phi) is 3.92. The smallest absolute Gasteiger partial charge is 0.115 e. The third-order valence-corrected chi connectivity index (χ3v) is 5.95. The lowest BCUT2D eigenvalue weighted by Crippen LogP contribution is -2.52. The van der Waals surface area contributed by atoms with Crippen LogP contribution in [0.2, 0.25) is 0 Å². The first-order chi connectivity index (χ1) is 9.83. The molecule has 0 aliphatic carbocycles. The second-order valence-electron chi connectivity index (χ2n) is 8.00. The van der Waals surface area contributed by atoms with Crippen molar-refractivity contribution in [2.45, 2.75) is 76.9 Å². The Bertz CT molecular complexity index is 502. The van der Waals surface area contributed by atoms with Crippen molar-refractivity contribution < 1.29 is 0 Å². The van der Waals surface area contributed by atoms with Gasteiger partial charge in [-0.2, -0.15) is 0 Å². The Hall–Kier alpha value is -0.450. The lowest BCUT2D eigenvalue weighted by molar-refractivity contribution is 0.212. The third-order valence-electron chi connectivity index (χ3n) is 4.93. The zero-order chi connectivity index (χ0) is 15.3. The highest BCUT2D eigenvalue weighted by Gasteiger charge is 2.52. The molecule has 1 N–H and O–H groups in total. The van der Waals surface area contributed by atoms with Crippen molar-refractivity contribution in [3.05, 3.63) is 16.1 Å². The molecule has 2 aliphatic heterocycles. The van der Waals surface area contributed by atoms with Crippen LogP contribution in [-0.4, -0.2) is 35.1 Å². The Morgan fingerprint density at radius 3 is 2.76 bits per heavy atom. The predicted octanol–water partition coefficient (Wildman–Crippen LogP) is 3.50. The van der Waals surface area contributed by atoms with Gasteiger partial charge in [0, 0.05) is 29.4 Å². The van der Waals surface area contributed by atoms with Crippen molar-refractivity contribution in [3.63, 3.8) is 0 Å². The van der Waals surface area contributed by atoms with Gasteiger partial charge in [0.2, 0.25) is 0 Å². The van der Waals surface area contributed by atoms with Crippen molar-refractivity contribution in [2.75, 3.05) is 13.1 Å². The van der Waals surface area contributed by atoms with Crippen molar-refractivity contribution >= 4 is 11.3 Å². The monoisotopic (exact) mass is 307 g/mol. The molecule has 1 aromatic rings. The molecule has 3 rings (SSSR count). The quantitative estimate of drug-likeness (QED) is 0.926. The molecule has 118 valence electrons. The van der Waals surface area contributed by atoms with E-state index in [1.165, 1.54) is 43.1 Å². The summed E-state index contributed by atoms with van der Waals surface area (Å²) in [4.78, 5) is 7.75. The lowest BCUT2D eigenvalue weighted by atomic mass is 9.87. The van der Waals surface area contributed by atoms with E-state index in [4.69, 9.17) is 4.98 Å². The molecule has 21 heavy (non-hydrogen) atoms. The number of rotatable bonds is 3. The summed E-state index contributed by atoms with van der Waals surface area (Å²) in [7, 11) is 0. The van der Waals surface area contributed by atoms with Crippen molar-refractivity contribution in [1.82, 2.24) is 15.2 Å². The highest BCUT2D eigenvalue weighted by molar-refractivity contribution is 7.09. The molecule has 2 unspecified atom stereocenters. The molecule has 4 heteroatoms. The maximum absolute atomic E-state index is 5.08. The van der Waals surface area contributed by atoms with Crippen LogP contribution in [0, 0.1) is 0 Å². The van der Waals surface area contributed by atoms with Gasteiger partial charge in [0.05, 0.1) is 11.2 Å². The van der Waals surface area contributed by atoms with E-state index in [1.54, 1.807) is 0 Å². The molecular formula is C17H29N3S. The number of aromatic nitrogens is 1. The first-order valence-electron chi connectivity index (χ1n) is 8.31. The number of fused-ring (bicyclic) bond motifs is 1. The summed E-state index contributed by atoms with van der Waals surface area (Å²) in [6.45, 7) is 13.8. The fourth-order valence-corrected chi connectivity index (χ4v) is 5.24. The van der Waals surface area contributed by atoms with Crippen LogP contribution in [-0.2, 0) is 11.0 Å². The van der Waals surface area contributed by atoms with Gasteiger partial charge in [-0.05, 0) is 39.7 Å². The van der Waals surface area contributed by atoms with Gasteiger partial charge >= 0.3 is 0 Å². The standard InChI is InChI=1S/C17H29N3S/c1-12(2)19-17(8-10-20-9-6-7-14(17)20)15-18-13(11-21-15)16(3,4)5/h11-12,14,19H,6-10H2,1-5H3. The fraction of sp³-hybridized carbons (Fsp3) is 0.824. The normalized spacial score (nSPS) is 30.3. The third kappa shape index (κ3) is 2.66. The summed E-state index contributed by atoms with van der Waals surface area (Å²) >= 11 is 1.86. The van der Waals surface area contributed by atoms with E-state index >= 15 is 0 Å². The fourth-order valence-electron chi connectivity index (χ4n) is 3.96. The Balaban J connectivity index is 1.98. The van der Waals surface area contributed by atoms with Crippen molar-refractivity contribution in [3.8, 4) is 0 Å². The maximum atomic E-state index is 5.08. The summed E-state index contributed by atoms with van der Waals surface area (Å²) in [6.07, 6.45) is 3.85. The number of hydrogen-bond acceptors (Lipinski definition) is 4. The first kappa shape index (κ1) is 15.4. The van der Waals surface area contributed by atoms with Gasteiger partial charge in [-0.25, -0.2) is 4.98 Å². The SMILES string of the molecule is CC(C)NC1(c2nc(C(C)(C)C)cs2)CCN2CCCC21. The van der Waals surface area contributed by atoms with Crippen LogP contribution in [0.5, 0.6) is 0 Å². The van der Waals surface area contributed by atoms with Crippen molar-refractivity contribution in [1.29, 1.82) is 0 Å². The van der Waals surface area contributed by atoms with Gasteiger partial charge in [-0.1, -0.05) is 20.8 Å². The van der Waals surface area contributed by atoms with Gasteiger partial charge in [-0.3, -0.25) is 4.90 Å². The van der Waals surface area contributed by atoms with Crippen LogP contribution in [0.25, 0.3) is 0 Å². The predicted molar refractivity (Wildman–Crippen MR) is 90.0 cm³/mol. The molecule has 2 fully saturated rings. The second kappa shape index (κ2) is 5.32. The second-order valence-corrected chi connectivity index (χ2v) is 8.86. The minimum atomic E-state index is 0.0822. The van der Waals surface area contributed by atoms with E-state index in [-0.39, 0.29) is 11.0 Å². The molecule has 0 spiro atoms. The molecule has 0 bridgehead atoms. The molecule has 3 nitrogen and oxygen atoms in total. The van der Waals surface area contributed by atoms with Gasteiger partial charge in [0.25, 0.3) is 0 Å². The number of hydrogen-bond donors (Lipinski definition) is 1. The molecule has 0 radical (unpaired) electrons. The summed E-state index contributed by atoms with van der Waals surface area (Å²) in [5.41, 5.74) is 1.46. The lowest BCUT2D eigenvalue weighted by Gasteiger charge is -2.36. The van der Waals surface area contributed by atoms with E-state index in [0.717, 1.165) is 0 Å². The van der Waals surface area contributed by atoms with Crippen LogP contribution >= 0.6 is 11.3 Å². The zero-order valence-corrected chi connectivity index (χ0v) is 14.9.